The van der Waals surface area contributed by atoms with Crippen LogP contribution in [0.5, 0.6) is 11.5 Å². The second-order valence-corrected chi connectivity index (χ2v) is 10.1. The second-order valence-electron chi connectivity index (χ2n) is 8.00. The Morgan fingerprint density at radius 2 is 1.70 bits per heavy atom. The van der Waals surface area contributed by atoms with Crippen molar-refractivity contribution >= 4 is 15.6 Å². The van der Waals surface area contributed by atoms with E-state index in [9.17, 15) is 13.2 Å². The third-order valence-electron chi connectivity index (χ3n) is 5.30. The summed E-state index contributed by atoms with van der Waals surface area (Å²) in [7, 11) is -0.519. The molecule has 0 bridgehead atoms. The fourth-order valence-corrected chi connectivity index (χ4v) is 4.91. The molecule has 2 aromatic carbocycles. The summed E-state index contributed by atoms with van der Waals surface area (Å²) in [6.45, 7) is 3.66. The first-order chi connectivity index (χ1) is 15.7. The van der Waals surface area contributed by atoms with Gasteiger partial charge in [-0.1, -0.05) is 23.8 Å². The minimum atomic E-state index is -3.66. The maximum absolute atomic E-state index is 12.6. The van der Waals surface area contributed by atoms with E-state index in [0.29, 0.717) is 41.7 Å². The Labute approximate surface area is 194 Å². The van der Waals surface area contributed by atoms with Gasteiger partial charge in [0.25, 0.3) is 0 Å². The summed E-state index contributed by atoms with van der Waals surface area (Å²) >= 11 is 0. The number of carbonyl (C=O) groups excluding carboxylic acids is 1. The van der Waals surface area contributed by atoms with Gasteiger partial charge >= 0.3 is 0 Å². The number of ketones is 1. The molecule has 0 amide bonds. The average molecular weight is 472 g/mol. The number of methoxy groups -OCH3 is 2. The van der Waals surface area contributed by atoms with Crippen LogP contribution >= 0.6 is 0 Å². The molecule has 33 heavy (non-hydrogen) atoms. The predicted molar refractivity (Wildman–Crippen MR) is 126 cm³/mol. The SMILES string of the molecule is COc1ccc(CCCC(=O)CS(=O)(=O)Cc2nc(-c3ccc(C)cc3)oc2C)cc1OC. The van der Waals surface area contributed by atoms with E-state index in [0.717, 1.165) is 16.7 Å². The van der Waals surface area contributed by atoms with Crippen LogP contribution in [0.25, 0.3) is 11.5 Å². The number of hydrogen-bond donors (Lipinski definition) is 0. The number of oxazole rings is 1. The molecule has 0 aliphatic carbocycles. The number of aromatic nitrogens is 1. The maximum Gasteiger partial charge on any atom is 0.226 e. The summed E-state index contributed by atoms with van der Waals surface area (Å²) in [5, 5.41) is 0. The van der Waals surface area contributed by atoms with E-state index >= 15 is 0 Å². The molecule has 0 spiro atoms. The average Bonchev–Trinajstić information content (AvgIpc) is 3.13. The van der Waals surface area contributed by atoms with Crippen molar-refractivity contribution in [1.29, 1.82) is 0 Å². The van der Waals surface area contributed by atoms with Crippen molar-refractivity contribution in [2.75, 3.05) is 20.0 Å². The van der Waals surface area contributed by atoms with Crippen molar-refractivity contribution in [1.82, 2.24) is 4.98 Å². The molecule has 0 aliphatic rings. The molecule has 0 unspecified atom stereocenters. The highest BCUT2D eigenvalue weighted by molar-refractivity contribution is 7.91. The molecular formula is C25H29NO6S. The van der Waals surface area contributed by atoms with Gasteiger partial charge in [-0.2, -0.15) is 0 Å². The topological polar surface area (TPSA) is 95.7 Å². The van der Waals surface area contributed by atoms with Crippen LogP contribution in [0.3, 0.4) is 0 Å². The van der Waals surface area contributed by atoms with E-state index in [1.807, 2.05) is 49.4 Å². The molecule has 8 heteroatoms. The van der Waals surface area contributed by atoms with Gasteiger partial charge in [0.2, 0.25) is 5.89 Å². The Bertz CT molecular complexity index is 1210. The van der Waals surface area contributed by atoms with Crippen LogP contribution in [0.4, 0.5) is 0 Å². The Balaban J connectivity index is 1.55. The first kappa shape index (κ1) is 24.5. The quantitative estimate of drug-likeness (QED) is 0.407. The van der Waals surface area contributed by atoms with E-state index in [1.54, 1.807) is 21.1 Å². The fraction of sp³-hybridized carbons (Fsp3) is 0.360. The number of ether oxygens (including phenoxy) is 2. The van der Waals surface area contributed by atoms with Gasteiger partial charge in [-0.3, -0.25) is 4.79 Å². The molecule has 176 valence electrons. The summed E-state index contributed by atoms with van der Waals surface area (Å²) < 4.78 is 41.4. The van der Waals surface area contributed by atoms with Gasteiger partial charge in [-0.15, -0.1) is 0 Å². The van der Waals surface area contributed by atoms with Crippen LogP contribution in [0.2, 0.25) is 0 Å². The van der Waals surface area contributed by atoms with E-state index in [-0.39, 0.29) is 18.0 Å². The van der Waals surface area contributed by atoms with Crippen LogP contribution < -0.4 is 9.47 Å². The Kier molecular flexibility index (Phi) is 7.92. The predicted octanol–water partition coefficient (Wildman–Crippen LogP) is 4.48. The minimum Gasteiger partial charge on any atom is -0.493 e. The zero-order valence-electron chi connectivity index (χ0n) is 19.4. The first-order valence-electron chi connectivity index (χ1n) is 10.7. The van der Waals surface area contributed by atoms with Crippen molar-refractivity contribution in [3.63, 3.8) is 0 Å². The van der Waals surface area contributed by atoms with Crippen LogP contribution in [0, 0.1) is 13.8 Å². The molecule has 7 nitrogen and oxygen atoms in total. The monoisotopic (exact) mass is 471 g/mol. The molecule has 3 aromatic rings. The smallest absolute Gasteiger partial charge is 0.226 e. The highest BCUT2D eigenvalue weighted by Gasteiger charge is 2.22. The Morgan fingerprint density at radius 1 is 1.00 bits per heavy atom. The van der Waals surface area contributed by atoms with Crippen LogP contribution in [-0.4, -0.2) is 39.2 Å². The number of nitrogens with zero attached hydrogens (tertiary/aromatic N) is 1. The summed E-state index contributed by atoms with van der Waals surface area (Å²) in [6.07, 6.45) is 1.36. The maximum atomic E-state index is 12.6. The summed E-state index contributed by atoms with van der Waals surface area (Å²) in [5.41, 5.74) is 3.21. The minimum absolute atomic E-state index is 0.181. The highest BCUT2D eigenvalue weighted by atomic mass is 32.2. The highest BCUT2D eigenvalue weighted by Crippen LogP contribution is 2.28. The molecule has 0 radical (unpaired) electrons. The van der Waals surface area contributed by atoms with Crippen molar-refractivity contribution in [2.24, 2.45) is 0 Å². The van der Waals surface area contributed by atoms with Gasteiger partial charge < -0.3 is 13.9 Å². The number of benzene rings is 2. The lowest BCUT2D eigenvalue weighted by molar-refractivity contribution is -0.116. The fourth-order valence-electron chi connectivity index (χ4n) is 3.48. The Morgan fingerprint density at radius 3 is 2.36 bits per heavy atom. The molecule has 0 aliphatic heterocycles. The molecule has 3 rings (SSSR count). The van der Waals surface area contributed by atoms with Gasteiger partial charge in [-0.25, -0.2) is 13.4 Å². The van der Waals surface area contributed by atoms with Crippen LogP contribution in [0.1, 0.15) is 35.4 Å². The number of aryl methyl sites for hydroxylation is 3. The van der Waals surface area contributed by atoms with Gasteiger partial charge in [0, 0.05) is 12.0 Å². The second kappa shape index (κ2) is 10.7. The third kappa shape index (κ3) is 6.68. The largest absolute Gasteiger partial charge is 0.493 e. The van der Waals surface area contributed by atoms with E-state index in [2.05, 4.69) is 4.98 Å². The molecule has 1 heterocycles. The van der Waals surface area contributed by atoms with Crippen molar-refractivity contribution in [3.8, 4) is 23.0 Å². The number of Topliss-reactive ketones (excluding diaryl/α,β-unsaturated/α-hetero) is 1. The van der Waals surface area contributed by atoms with Gasteiger partial charge in [-0.05, 0) is 56.5 Å². The van der Waals surface area contributed by atoms with E-state index < -0.39 is 15.6 Å². The summed E-state index contributed by atoms with van der Waals surface area (Å²) in [5.74, 6) is 0.930. The lowest BCUT2D eigenvalue weighted by Crippen LogP contribution is -2.18. The molecule has 0 saturated heterocycles. The number of carbonyl (C=O) groups is 1. The van der Waals surface area contributed by atoms with Gasteiger partial charge in [0.05, 0.1) is 25.7 Å². The lowest BCUT2D eigenvalue weighted by Gasteiger charge is -2.09. The lowest BCUT2D eigenvalue weighted by atomic mass is 10.1. The number of sulfone groups is 1. The zero-order chi connectivity index (χ0) is 24.0. The zero-order valence-corrected chi connectivity index (χ0v) is 20.2. The van der Waals surface area contributed by atoms with E-state index in [1.165, 1.54) is 0 Å². The molecular weight excluding hydrogens is 442 g/mol. The molecule has 0 fully saturated rings. The Hall–Kier alpha value is -3.13. The van der Waals surface area contributed by atoms with Crippen molar-refractivity contribution in [3.05, 3.63) is 65.0 Å². The summed E-state index contributed by atoms with van der Waals surface area (Å²) in [6, 6.07) is 13.2. The third-order valence-corrected chi connectivity index (χ3v) is 6.77. The summed E-state index contributed by atoms with van der Waals surface area (Å²) in [4.78, 5) is 16.7. The standard InChI is InChI=1S/C25H29NO6S/c1-17-8-11-20(12-9-17)25-26-22(18(2)32-25)16-33(28,29)15-21(27)7-5-6-19-10-13-23(30-3)24(14-19)31-4/h8-14H,5-7,15-16H2,1-4H3. The van der Waals surface area contributed by atoms with Crippen molar-refractivity contribution < 1.29 is 27.1 Å². The molecule has 0 atom stereocenters. The van der Waals surface area contributed by atoms with Crippen molar-refractivity contribution in [2.45, 2.75) is 38.9 Å². The first-order valence-corrected chi connectivity index (χ1v) is 12.5. The molecule has 0 N–H and O–H groups in total. The van der Waals surface area contributed by atoms with Gasteiger partial charge in [0.1, 0.15) is 17.3 Å². The number of rotatable bonds is 11. The molecule has 1 aromatic heterocycles. The molecule has 0 saturated carbocycles. The van der Waals surface area contributed by atoms with Crippen LogP contribution in [0.15, 0.2) is 46.9 Å². The van der Waals surface area contributed by atoms with E-state index in [4.69, 9.17) is 13.9 Å². The number of hydrogen-bond acceptors (Lipinski definition) is 7. The van der Waals surface area contributed by atoms with Crippen LogP contribution in [-0.2, 0) is 26.8 Å². The van der Waals surface area contributed by atoms with Gasteiger partial charge in [0.15, 0.2) is 21.3 Å². The normalized spacial score (nSPS) is 11.4.